The van der Waals surface area contributed by atoms with Crippen molar-refractivity contribution >= 4 is 26.9 Å². The SMILES string of the molecule is CC(C)(c1nc2cc(C(=O)O)ccc2o1)S(C)(=O)=O. The molecule has 102 valence electrons. The van der Waals surface area contributed by atoms with Crippen LogP contribution in [0.25, 0.3) is 11.1 Å². The lowest BCUT2D eigenvalue weighted by Crippen LogP contribution is -2.28. The Morgan fingerprint density at radius 2 is 2.00 bits per heavy atom. The van der Waals surface area contributed by atoms with E-state index in [1.807, 2.05) is 0 Å². The number of aromatic carboxylic acids is 1. The van der Waals surface area contributed by atoms with Crippen LogP contribution < -0.4 is 0 Å². The summed E-state index contributed by atoms with van der Waals surface area (Å²) in [5.41, 5.74) is 0.757. The van der Waals surface area contributed by atoms with E-state index in [0.717, 1.165) is 6.26 Å². The van der Waals surface area contributed by atoms with Crippen LogP contribution in [-0.2, 0) is 14.6 Å². The van der Waals surface area contributed by atoms with Gasteiger partial charge in [-0.25, -0.2) is 18.2 Å². The molecular weight excluding hydrogens is 270 g/mol. The number of sulfone groups is 1. The lowest BCUT2D eigenvalue weighted by Gasteiger charge is -2.17. The van der Waals surface area contributed by atoms with Gasteiger partial charge in [0.2, 0.25) is 5.89 Å². The summed E-state index contributed by atoms with van der Waals surface area (Å²) in [4.78, 5) is 14.9. The maximum Gasteiger partial charge on any atom is 0.335 e. The zero-order valence-corrected chi connectivity index (χ0v) is 11.5. The molecule has 0 aliphatic heterocycles. The maximum absolute atomic E-state index is 11.7. The molecule has 6 nitrogen and oxygen atoms in total. The van der Waals surface area contributed by atoms with Crippen molar-refractivity contribution in [2.75, 3.05) is 6.26 Å². The van der Waals surface area contributed by atoms with Crippen molar-refractivity contribution in [3.63, 3.8) is 0 Å². The molecule has 7 heteroatoms. The van der Waals surface area contributed by atoms with Gasteiger partial charge in [-0.2, -0.15) is 0 Å². The normalized spacial score (nSPS) is 12.8. The molecule has 0 atom stereocenters. The fourth-order valence-electron chi connectivity index (χ4n) is 1.48. The minimum atomic E-state index is -3.40. The standard InChI is InChI=1S/C12H13NO5S/c1-12(2,19(3,16)17)11-13-8-6-7(10(14)15)4-5-9(8)18-11/h4-6H,1-3H3,(H,14,15). The van der Waals surface area contributed by atoms with Crippen molar-refractivity contribution in [2.24, 2.45) is 0 Å². The van der Waals surface area contributed by atoms with Gasteiger partial charge in [0, 0.05) is 6.26 Å². The Kier molecular flexibility index (Phi) is 2.89. The highest BCUT2D eigenvalue weighted by Crippen LogP contribution is 2.31. The molecule has 1 heterocycles. The number of hydrogen-bond donors (Lipinski definition) is 1. The second kappa shape index (κ2) is 4.06. The minimum absolute atomic E-state index is 0.0486. The predicted octanol–water partition coefficient (Wildman–Crippen LogP) is 1.81. The lowest BCUT2D eigenvalue weighted by molar-refractivity contribution is 0.0697. The van der Waals surface area contributed by atoms with Gasteiger partial charge in [0.05, 0.1) is 5.56 Å². The lowest BCUT2D eigenvalue weighted by atomic mass is 10.2. The minimum Gasteiger partial charge on any atom is -0.478 e. The molecule has 2 rings (SSSR count). The first-order valence-corrected chi connectivity index (χ1v) is 7.36. The second-order valence-corrected chi connectivity index (χ2v) is 7.35. The van der Waals surface area contributed by atoms with Gasteiger partial charge in [0.1, 0.15) is 10.3 Å². The van der Waals surface area contributed by atoms with Crippen LogP contribution in [0, 0.1) is 0 Å². The van der Waals surface area contributed by atoms with E-state index >= 15 is 0 Å². The van der Waals surface area contributed by atoms with Gasteiger partial charge in [-0.1, -0.05) is 0 Å². The average Bonchev–Trinajstić information content (AvgIpc) is 2.70. The van der Waals surface area contributed by atoms with Crippen molar-refractivity contribution < 1.29 is 22.7 Å². The van der Waals surface area contributed by atoms with Crippen LogP contribution in [0.15, 0.2) is 22.6 Å². The molecule has 0 saturated carbocycles. The number of fused-ring (bicyclic) bond motifs is 1. The Balaban J connectivity index is 2.63. The Hall–Kier alpha value is -1.89. The molecule has 0 spiro atoms. The molecule has 19 heavy (non-hydrogen) atoms. The molecule has 1 aromatic carbocycles. The van der Waals surface area contributed by atoms with E-state index in [1.54, 1.807) is 0 Å². The number of benzene rings is 1. The number of oxazole rings is 1. The van der Waals surface area contributed by atoms with Crippen LogP contribution in [0.1, 0.15) is 30.1 Å². The molecule has 0 aliphatic rings. The summed E-state index contributed by atoms with van der Waals surface area (Å²) in [6.45, 7) is 2.98. The largest absolute Gasteiger partial charge is 0.478 e. The fraction of sp³-hybridized carbons (Fsp3) is 0.333. The van der Waals surface area contributed by atoms with E-state index in [9.17, 15) is 13.2 Å². The van der Waals surface area contributed by atoms with Gasteiger partial charge in [0.25, 0.3) is 0 Å². The number of rotatable bonds is 3. The Labute approximate surface area is 110 Å². The molecule has 1 aromatic heterocycles. The van der Waals surface area contributed by atoms with E-state index in [2.05, 4.69) is 4.98 Å². The number of aromatic nitrogens is 1. The first-order chi connectivity index (χ1) is 8.63. The zero-order chi connectivity index (χ0) is 14.4. The topological polar surface area (TPSA) is 97.5 Å². The molecule has 0 radical (unpaired) electrons. The van der Waals surface area contributed by atoms with E-state index in [1.165, 1.54) is 32.0 Å². The number of carboxylic acid groups (broad SMARTS) is 1. The number of nitrogens with zero attached hydrogens (tertiary/aromatic N) is 1. The van der Waals surface area contributed by atoms with Gasteiger partial charge in [-0.3, -0.25) is 0 Å². The molecular formula is C12H13NO5S. The van der Waals surface area contributed by atoms with Crippen LogP contribution in [-0.4, -0.2) is 30.7 Å². The van der Waals surface area contributed by atoms with Gasteiger partial charge in [0.15, 0.2) is 15.4 Å². The fourth-order valence-corrected chi connectivity index (χ4v) is 1.88. The highest BCUT2D eigenvalue weighted by molar-refractivity contribution is 7.91. The van der Waals surface area contributed by atoms with E-state index in [-0.39, 0.29) is 11.5 Å². The van der Waals surface area contributed by atoms with E-state index in [0.29, 0.717) is 11.1 Å². The van der Waals surface area contributed by atoms with Gasteiger partial charge in [-0.15, -0.1) is 0 Å². The molecule has 0 saturated heterocycles. The smallest absolute Gasteiger partial charge is 0.335 e. The second-order valence-electron chi connectivity index (χ2n) is 4.79. The third-order valence-corrected chi connectivity index (χ3v) is 5.11. The van der Waals surface area contributed by atoms with Crippen LogP contribution >= 0.6 is 0 Å². The van der Waals surface area contributed by atoms with Crippen LogP contribution in [0.4, 0.5) is 0 Å². The molecule has 0 fully saturated rings. The molecule has 0 amide bonds. The van der Waals surface area contributed by atoms with Crippen molar-refractivity contribution in [3.8, 4) is 0 Å². The summed E-state index contributed by atoms with van der Waals surface area (Å²) < 4.78 is 27.6. The molecule has 0 aliphatic carbocycles. The summed E-state index contributed by atoms with van der Waals surface area (Å²) in [5.74, 6) is -1.03. The predicted molar refractivity (Wildman–Crippen MR) is 68.8 cm³/mol. The quantitative estimate of drug-likeness (QED) is 0.922. The third kappa shape index (κ3) is 2.21. The molecule has 2 aromatic rings. The number of carbonyl (C=O) groups is 1. The highest BCUT2D eigenvalue weighted by atomic mass is 32.2. The van der Waals surface area contributed by atoms with Crippen LogP contribution in [0.2, 0.25) is 0 Å². The zero-order valence-electron chi connectivity index (χ0n) is 10.7. The number of hydrogen-bond acceptors (Lipinski definition) is 5. The third-order valence-electron chi connectivity index (χ3n) is 3.08. The highest BCUT2D eigenvalue weighted by Gasteiger charge is 2.37. The number of carboxylic acids is 1. The summed E-state index contributed by atoms with van der Waals surface area (Å²) in [6, 6.07) is 4.20. The van der Waals surface area contributed by atoms with E-state index in [4.69, 9.17) is 9.52 Å². The Morgan fingerprint density at radius 3 is 2.53 bits per heavy atom. The van der Waals surface area contributed by atoms with Gasteiger partial charge in [-0.05, 0) is 32.0 Å². The summed E-state index contributed by atoms with van der Waals surface area (Å²) in [5, 5.41) is 8.89. The van der Waals surface area contributed by atoms with Crippen molar-refractivity contribution in [1.82, 2.24) is 4.98 Å². The van der Waals surface area contributed by atoms with Crippen molar-refractivity contribution in [3.05, 3.63) is 29.7 Å². The summed E-state index contributed by atoms with van der Waals surface area (Å²) in [7, 11) is -3.40. The van der Waals surface area contributed by atoms with Gasteiger partial charge < -0.3 is 9.52 Å². The van der Waals surface area contributed by atoms with Crippen molar-refractivity contribution in [1.29, 1.82) is 0 Å². The summed E-state index contributed by atoms with van der Waals surface area (Å²) in [6.07, 6.45) is 1.10. The molecule has 1 N–H and O–H groups in total. The average molecular weight is 283 g/mol. The van der Waals surface area contributed by atoms with Crippen molar-refractivity contribution in [2.45, 2.75) is 18.6 Å². The van der Waals surface area contributed by atoms with Crippen LogP contribution in [0.3, 0.4) is 0 Å². The van der Waals surface area contributed by atoms with E-state index < -0.39 is 20.6 Å². The Morgan fingerprint density at radius 1 is 1.37 bits per heavy atom. The molecule has 0 bridgehead atoms. The molecule has 0 unspecified atom stereocenters. The van der Waals surface area contributed by atoms with Gasteiger partial charge >= 0.3 is 5.97 Å². The maximum atomic E-state index is 11.7. The monoisotopic (exact) mass is 283 g/mol. The first kappa shape index (κ1) is 13.5. The first-order valence-electron chi connectivity index (χ1n) is 5.47. The van der Waals surface area contributed by atoms with Crippen LogP contribution in [0.5, 0.6) is 0 Å². The Bertz CT molecular complexity index is 758. The summed E-state index contributed by atoms with van der Waals surface area (Å²) >= 11 is 0.